The maximum atomic E-state index is 12.7. The first kappa shape index (κ1) is 18.0. The minimum Gasteiger partial charge on any atom is -0.321 e. The van der Waals surface area contributed by atoms with E-state index in [1.165, 1.54) is 21.9 Å². The van der Waals surface area contributed by atoms with Crippen molar-refractivity contribution in [2.75, 3.05) is 5.32 Å². The molecule has 0 radical (unpaired) electrons. The monoisotopic (exact) mass is 390 g/mol. The Hall–Kier alpha value is -3.39. The highest BCUT2D eigenvalue weighted by molar-refractivity contribution is 7.03. The molecule has 0 unspecified atom stereocenters. The molecule has 1 amide bonds. The van der Waals surface area contributed by atoms with Gasteiger partial charge < -0.3 is 5.32 Å². The van der Waals surface area contributed by atoms with Gasteiger partial charge in [0.25, 0.3) is 5.91 Å². The Morgan fingerprint density at radius 1 is 1.04 bits per heavy atom. The Balaban J connectivity index is 1.54. The first-order chi connectivity index (χ1) is 13.5. The summed E-state index contributed by atoms with van der Waals surface area (Å²) >= 11 is 1.30. The second-order valence-electron chi connectivity index (χ2n) is 6.54. The van der Waals surface area contributed by atoms with Crippen LogP contribution >= 0.6 is 11.5 Å². The molecule has 4 aromatic rings. The second kappa shape index (κ2) is 7.32. The number of aromatic nitrogens is 5. The fourth-order valence-corrected chi connectivity index (χ4v) is 3.40. The van der Waals surface area contributed by atoms with Gasteiger partial charge in [0.1, 0.15) is 5.69 Å². The van der Waals surface area contributed by atoms with E-state index >= 15 is 0 Å². The molecule has 0 saturated heterocycles. The third-order valence-electron chi connectivity index (χ3n) is 4.36. The van der Waals surface area contributed by atoms with E-state index in [1.54, 1.807) is 6.92 Å². The summed E-state index contributed by atoms with van der Waals surface area (Å²) in [7, 11) is 0. The number of nitrogens with zero attached hydrogens (tertiary/aromatic N) is 5. The lowest BCUT2D eigenvalue weighted by atomic mass is 10.1. The predicted octanol–water partition coefficient (Wildman–Crippen LogP) is 3.96. The average molecular weight is 390 g/mol. The molecule has 4 rings (SSSR count). The van der Waals surface area contributed by atoms with Gasteiger partial charge >= 0.3 is 0 Å². The molecule has 0 fully saturated rings. The van der Waals surface area contributed by atoms with Gasteiger partial charge in [0.2, 0.25) is 0 Å². The number of anilines is 1. The van der Waals surface area contributed by atoms with Crippen LogP contribution in [-0.4, -0.2) is 30.5 Å². The summed E-state index contributed by atoms with van der Waals surface area (Å²) in [6, 6.07) is 13.5. The number of benzene rings is 2. The number of carbonyl (C=O) groups is 1. The molecule has 7 nitrogen and oxygen atoms in total. The number of rotatable bonds is 4. The van der Waals surface area contributed by atoms with Gasteiger partial charge in [-0.25, -0.2) is 0 Å². The van der Waals surface area contributed by atoms with Crippen molar-refractivity contribution >= 4 is 23.1 Å². The molecule has 28 heavy (non-hydrogen) atoms. The fraction of sp³-hybridized carbons (Fsp3) is 0.150. The summed E-state index contributed by atoms with van der Waals surface area (Å²) in [6.07, 6.45) is 0. The van der Waals surface area contributed by atoms with Crippen molar-refractivity contribution in [1.29, 1.82) is 0 Å². The summed E-state index contributed by atoms with van der Waals surface area (Å²) in [5.41, 5.74) is 6.38. The van der Waals surface area contributed by atoms with Gasteiger partial charge in [-0.15, -0.1) is 10.2 Å². The van der Waals surface area contributed by atoms with Gasteiger partial charge in [0.05, 0.1) is 11.4 Å². The van der Waals surface area contributed by atoms with E-state index in [0.717, 1.165) is 22.5 Å². The van der Waals surface area contributed by atoms with E-state index in [4.69, 9.17) is 0 Å². The van der Waals surface area contributed by atoms with Crippen LogP contribution in [0.1, 0.15) is 27.3 Å². The molecule has 0 spiro atoms. The van der Waals surface area contributed by atoms with E-state index in [0.29, 0.717) is 17.1 Å². The van der Waals surface area contributed by atoms with Crippen molar-refractivity contribution in [2.24, 2.45) is 0 Å². The largest absolute Gasteiger partial charge is 0.321 e. The molecule has 0 aliphatic rings. The first-order valence-electron chi connectivity index (χ1n) is 8.71. The zero-order chi connectivity index (χ0) is 19.7. The Morgan fingerprint density at radius 3 is 2.50 bits per heavy atom. The first-order valence-corrected chi connectivity index (χ1v) is 9.55. The van der Waals surface area contributed by atoms with Gasteiger partial charge in [0, 0.05) is 16.6 Å². The average Bonchev–Trinajstić information content (AvgIpc) is 3.32. The van der Waals surface area contributed by atoms with Crippen molar-refractivity contribution in [3.63, 3.8) is 0 Å². The van der Waals surface area contributed by atoms with E-state index in [9.17, 15) is 4.79 Å². The molecule has 0 aliphatic carbocycles. The van der Waals surface area contributed by atoms with Gasteiger partial charge in [-0.1, -0.05) is 34.3 Å². The van der Waals surface area contributed by atoms with Gasteiger partial charge in [0.15, 0.2) is 5.69 Å². The summed E-state index contributed by atoms with van der Waals surface area (Å²) in [6.45, 7) is 5.81. The lowest BCUT2D eigenvalue weighted by Gasteiger charge is -2.05. The van der Waals surface area contributed by atoms with Gasteiger partial charge in [-0.3, -0.25) is 4.79 Å². The quantitative estimate of drug-likeness (QED) is 0.570. The van der Waals surface area contributed by atoms with E-state index in [-0.39, 0.29) is 5.91 Å². The number of hydrogen-bond acceptors (Lipinski definition) is 6. The van der Waals surface area contributed by atoms with Crippen LogP contribution in [0.15, 0.2) is 47.8 Å². The number of hydrogen-bond donors (Lipinski definition) is 1. The molecule has 1 N–H and O–H groups in total. The molecule has 0 atom stereocenters. The Kier molecular flexibility index (Phi) is 4.70. The molecule has 2 aromatic carbocycles. The highest BCUT2D eigenvalue weighted by atomic mass is 32.1. The summed E-state index contributed by atoms with van der Waals surface area (Å²) < 4.78 is 3.86. The van der Waals surface area contributed by atoms with Crippen molar-refractivity contribution in [3.05, 3.63) is 70.4 Å². The summed E-state index contributed by atoms with van der Waals surface area (Å²) in [5.74, 6) is -0.295. The molecule has 0 aliphatic heterocycles. The van der Waals surface area contributed by atoms with Crippen LogP contribution in [-0.2, 0) is 0 Å². The number of nitrogens with one attached hydrogen (secondary N) is 1. The highest BCUT2D eigenvalue weighted by Crippen LogP contribution is 2.21. The van der Waals surface area contributed by atoms with Crippen LogP contribution in [0, 0.1) is 20.8 Å². The molecule has 2 aromatic heterocycles. The van der Waals surface area contributed by atoms with Crippen LogP contribution in [0.5, 0.6) is 0 Å². The maximum Gasteiger partial charge on any atom is 0.278 e. The predicted molar refractivity (Wildman–Crippen MR) is 109 cm³/mol. The standard InChI is InChI=1S/C20H18N6OS/c1-12-4-9-18(13(2)10-12)26-23-14(3)19(24-26)20(27)21-16-7-5-15(6-8-16)17-11-28-25-22-17/h4-11H,1-3H3,(H,21,27). The van der Waals surface area contributed by atoms with Crippen LogP contribution < -0.4 is 5.32 Å². The maximum absolute atomic E-state index is 12.7. The van der Waals surface area contributed by atoms with E-state index in [2.05, 4.69) is 31.2 Å². The number of aryl methyl sites for hydroxylation is 3. The van der Waals surface area contributed by atoms with Crippen molar-refractivity contribution < 1.29 is 4.79 Å². The van der Waals surface area contributed by atoms with Crippen LogP contribution in [0.2, 0.25) is 0 Å². The molecular weight excluding hydrogens is 372 g/mol. The Labute approximate surface area is 166 Å². The molecule has 0 bridgehead atoms. The summed E-state index contributed by atoms with van der Waals surface area (Å²) in [5, 5.41) is 17.6. The normalized spacial score (nSPS) is 10.8. The zero-order valence-electron chi connectivity index (χ0n) is 15.7. The number of carbonyl (C=O) groups excluding carboxylic acids is 1. The van der Waals surface area contributed by atoms with Gasteiger partial charge in [-0.05, 0) is 56.1 Å². The SMILES string of the molecule is Cc1ccc(-n2nc(C)c(C(=O)Nc3ccc(-c4csnn4)cc3)n2)c(C)c1. The van der Waals surface area contributed by atoms with E-state index in [1.807, 2.05) is 55.6 Å². The fourth-order valence-electron chi connectivity index (χ4n) is 2.93. The lowest BCUT2D eigenvalue weighted by molar-refractivity contribution is 0.102. The van der Waals surface area contributed by atoms with E-state index < -0.39 is 0 Å². The third kappa shape index (κ3) is 3.54. The lowest BCUT2D eigenvalue weighted by Crippen LogP contribution is -2.14. The molecule has 0 saturated carbocycles. The Bertz CT molecular complexity index is 1130. The third-order valence-corrected chi connectivity index (χ3v) is 4.87. The minimum absolute atomic E-state index is 0.295. The minimum atomic E-state index is -0.295. The Morgan fingerprint density at radius 2 is 1.82 bits per heavy atom. The molecule has 8 heteroatoms. The topological polar surface area (TPSA) is 85.6 Å². The smallest absolute Gasteiger partial charge is 0.278 e. The van der Waals surface area contributed by atoms with Crippen LogP contribution in [0.25, 0.3) is 16.9 Å². The van der Waals surface area contributed by atoms with Crippen molar-refractivity contribution in [3.8, 4) is 16.9 Å². The van der Waals surface area contributed by atoms with Crippen LogP contribution in [0.4, 0.5) is 5.69 Å². The zero-order valence-corrected chi connectivity index (χ0v) is 16.5. The van der Waals surface area contributed by atoms with Crippen molar-refractivity contribution in [1.82, 2.24) is 24.6 Å². The molecule has 140 valence electrons. The molecule has 2 heterocycles. The molecular formula is C20H18N6OS. The second-order valence-corrected chi connectivity index (χ2v) is 7.14. The highest BCUT2D eigenvalue weighted by Gasteiger charge is 2.17. The van der Waals surface area contributed by atoms with Gasteiger partial charge in [-0.2, -0.15) is 9.90 Å². The summed E-state index contributed by atoms with van der Waals surface area (Å²) in [4.78, 5) is 14.2. The van der Waals surface area contributed by atoms with Crippen LogP contribution in [0.3, 0.4) is 0 Å². The van der Waals surface area contributed by atoms with Crippen molar-refractivity contribution in [2.45, 2.75) is 20.8 Å². The number of amides is 1.